The number of aromatic amines is 1. The lowest BCUT2D eigenvalue weighted by atomic mass is 10.2. The van der Waals surface area contributed by atoms with Crippen LogP contribution in [0.2, 0.25) is 0 Å². The van der Waals surface area contributed by atoms with Gasteiger partial charge in [-0.15, -0.1) is 13.2 Å². The van der Waals surface area contributed by atoms with E-state index >= 15 is 0 Å². The molecule has 2 aromatic rings. The minimum Gasteiger partial charge on any atom is -0.406 e. The molecular formula is C12H13F3N4O2. The highest BCUT2D eigenvalue weighted by molar-refractivity contribution is 5.38. The molecule has 0 saturated heterocycles. The average Bonchev–Trinajstić information content (AvgIpc) is 2.79. The number of ether oxygens (including phenoxy) is 1. The zero-order valence-electron chi connectivity index (χ0n) is 11.0. The molecule has 1 aromatic heterocycles. The molecular weight excluding hydrogens is 289 g/mol. The van der Waals surface area contributed by atoms with Crippen LogP contribution in [-0.2, 0) is 0 Å². The van der Waals surface area contributed by atoms with E-state index in [1.54, 1.807) is 0 Å². The first-order valence-electron chi connectivity index (χ1n) is 6.11. The second-order valence-corrected chi connectivity index (χ2v) is 4.28. The Morgan fingerprint density at radius 1 is 1.38 bits per heavy atom. The monoisotopic (exact) mass is 302 g/mol. The Hall–Kier alpha value is -2.29. The molecule has 1 atom stereocenters. The second kappa shape index (κ2) is 5.60. The fourth-order valence-corrected chi connectivity index (χ4v) is 1.79. The third kappa shape index (κ3) is 3.43. The van der Waals surface area contributed by atoms with E-state index < -0.39 is 18.1 Å². The van der Waals surface area contributed by atoms with E-state index in [1.807, 2.05) is 6.92 Å². The van der Waals surface area contributed by atoms with Crippen LogP contribution in [-0.4, -0.2) is 21.1 Å². The second-order valence-electron chi connectivity index (χ2n) is 4.28. The number of hydrogen-bond donors (Lipinski definition) is 2. The standard InChI is InChI=1S/C12H13F3N4O2/c1-2-9(16)10-17-18-11(20)19(10)7-3-5-8(6-4-7)21-12(13,14)15/h3-6,9H,2,16H2,1H3,(H,18,20)/t9-/m0/s1. The van der Waals surface area contributed by atoms with Crippen LogP contribution in [0, 0.1) is 0 Å². The minimum atomic E-state index is -4.76. The van der Waals surface area contributed by atoms with Crippen molar-refractivity contribution in [3.63, 3.8) is 0 Å². The highest BCUT2D eigenvalue weighted by Crippen LogP contribution is 2.24. The maximum absolute atomic E-state index is 12.1. The molecule has 0 radical (unpaired) electrons. The van der Waals surface area contributed by atoms with Crippen LogP contribution in [0.5, 0.6) is 5.75 Å². The summed E-state index contributed by atoms with van der Waals surface area (Å²) >= 11 is 0. The van der Waals surface area contributed by atoms with E-state index in [-0.39, 0.29) is 5.75 Å². The first-order chi connectivity index (χ1) is 9.81. The van der Waals surface area contributed by atoms with Crippen LogP contribution in [0.15, 0.2) is 29.1 Å². The van der Waals surface area contributed by atoms with Crippen LogP contribution < -0.4 is 16.2 Å². The molecule has 0 aliphatic rings. The van der Waals surface area contributed by atoms with Crippen LogP contribution >= 0.6 is 0 Å². The summed E-state index contributed by atoms with van der Waals surface area (Å²) in [7, 11) is 0. The van der Waals surface area contributed by atoms with Gasteiger partial charge in [-0.1, -0.05) is 6.92 Å². The number of hydrogen-bond acceptors (Lipinski definition) is 4. The van der Waals surface area contributed by atoms with Crippen LogP contribution in [0.3, 0.4) is 0 Å². The van der Waals surface area contributed by atoms with Crippen LogP contribution in [0.4, 0.5) is 13.2 Å². The number of alkyl halides is 3. The van der Waals surface area contributed by atoms with Crippen LogP contribution in [0.25, 0.3) is 5.69 Å². The van der Waals surface area contributed by atoms with Crippen LogP contribution in [0.1, 0.15) is 25.2 Å². The maximum Gasteiger partial charge on any atom is 0.573 e. The molecule has 2 rings (SSSR count). The molecule has 0 fully saturated rings. The van der Waals surface area contributed by atoms with Gasteiger partial charge in [0.05, 0.1) is 11.7 Å². The number of aromatic nitrogens is 3. The van der Waals surface area contributed by atoms with Gasteiger partial charge in [0, 0.05) is 0 Å². The Kier molecular flexibility index (Phi) is 4.03. The number of nitrogens with one attached hydrogen (secondary N) is 1. The Morgan fingerprint density at radius 2 is 2.00 bits per heavy atom. The van der Waals surface area contributed by atoms with Gasteiger partial charge in [0.2, 0.25) is 0 Å². The molecule has 0 aliphatic carbocycles. The van der Waals surface area contributed by atoms with Gasteiger partial charge in [-0.25, -0.2) is 14.5 Å². The fourth-order valence-electron chi connectivity index (χ4n) is 1.79. The molecule has 0 amide bonds. The van der Waals surface area contributed by atoms with Crippen molar-refractivity contribution in [2.75, 3.05) is 0 Å². The van der Waals surface area contributed by atoms with Crippen molar-refractivity contribution in [3.8, 4) is 11.4 Å². The Morgan fingerprint density at radius 3 is 2.52 bits per heavy atom. The Labute approximate surface area is 117 Å². The van der Waals surface area contributed by atoms with Gasteiger partial charge in [-0.3, -0.25) is 0 Å². The molecule has 114 valence electrons. The van der Waals surface area contributed by atoms with Gasteiger partial charge in [0.25, 0.3) is 0 Å². The fraction of sp³-hybridized carbons (Fsp3) is 0.333. The SMILES string of the molecule is CC[C@H](N)c1n[nH]c(=O)n1-c1ccc(OC(F)(F)F)cc1. The number of nitrogens with two attached hydrogens (primary N) is 1. The lowest BCUT2D eigenvalue weighted by Gasteiger charge is -2.12. The van der Waals surface area contributed by atoms with Gasteiger partial charge >= 0.3 is 12.1 Å². The summed E-state index contributed by atoms with van der Waals surface area (Å²) < 4.78 is 41.2. The normalized spacial score (nSPS) is 13.2. The maximum atomic E-state index is 12.1. The van der Waals surface area contributed by atoms with Crippen molar-refractivity contribution < 1.29 is 17.9 Å². The summed E-state index contributed by atoms with van der Waals surface area (Å²) in [5.74, 6) is -0.0591. The van der Waals surface area contributed by atoms with Gasteiger partial charge in [-0.05, 0) is 30.7 Å². The smallest absolute Gasteiger partial charge is 0.406 e. The summed E-state index contributed by atoms with van der Waals surface area (Å²) in [6.07, 6.45) is -4.21. The molecule has 0 aliphatic heterocycles. The van der Waals surface area contributed by atoms with E-state index in [9.17, 15) is 18.0 Å². The van der Waals surface area contributed by atoms with Crippen molar-refractivity contribution in [1.82, 2.24) is 14.8 Å². The predicted molar refractivity (Wildman–Crippen MR) is 68.1 cm³/mol. The largest absolute Gasteiger partial charge is 0.573 e. The lowest BCUT2D eigenvalue weighted by Crippen LogP contribution is -2.21. The molecule has 3 N–H and O–H groups in total. The predicted octanol–water partition coefficient (Wildman–Crippen LogP) is 1.87. The zero-order valence-corrected chi connectivity index (χ0v) is 11.0. The topological polar surface area (TPSA) is 85.9 Å². The van der Waals surface area contributed by atoms with Gasteiger partial charge < -0.3 is 10.5 Å². The Balaban J connectivity index is 2.35. The van der Waals surface area contributed by atoms with Crippen molar-refractivity contribution in [3.05, 3.63) is 40.6 Å². The third-order valence-electron chi connectivity index (χ3n) is 2.80. The molecule has 6 nitrogen and oxygen atoms in total. The molecule has 0 bridgehead atoms. The highest BCUT2D eigenvalue weighted by Gasteiger charge is 2.31. The quantitative estimate of drug-likeness (QED) is 0.902. The molecule has 21 heavy (non-hydrogen) atoms. The highest BCUT2D eigenvalue weighted by atomic mass is 19.4. The van der Waals surface area contributed by atoms with E-state index in [1.165, 1.54) is 16.7 Å². The van der Waals surface area contributed by atoms with Gasteiger partial charge in [-0.2, -0.15) is 5.10 Å². The first-order valence-corrected chi connectivity index (χ1v) is 6.11. The number of halogens is 3. The minimum absolute atomic E-state index is 0.312. The van der Waals surface area contributed by atoms with Gasteiger partial charge in [0.1, 0.15) is 5.75 Å². The summed E-state index contributed by atoms with van der Waals surface area (Å²) in [6, 6.07) is 4.41. The van der Waals surface area contributed by atoms with E-state index in [4.69, 9.17) is 5.73 Å². The number of nitrogens with zero attached hydrogens (tertiary/aromatic N) is 2. The first kappa shape index (κ1) is 15.1. The third-order valence-corrected chi connectivity index (χ3v) is 2.80. The number of rotatable bonds is 4. The van der Waals surface area contributed by atoms with E-state index in [0.717, 1.165) is 12.1 Å². The lowest BCUT2D eigenvalue weighted by molar-refractivity contribution is -0.274. The van der Waals surface area contributed by atoms with Crippen molar-refractivity contribution in [1.29, 1.82) is 0 Å². The molecule has 0 saturated carbocycles. The number of benzene rings is 1. The summed E-state index contributed by atoms with van der Waals surface area (Å²) in [5.41, 5.74) is 5.68. The van der Waals surface area contributed by atoms with E-state index in [2.05, 4.69) is 14.9 Å². The summed E-state index contributed by atoms with van der Waals surface area (Å²) in [6.45, 7) is 1.83. The number of H-pyrrole nitrogens is 1. The van der Waals surface area contributed by atoms with Gasteiger partial charge in [0.15, 0.2) is 5.82 Å². The zero-order chi connectivity index (χ0) is 15.6. The molecule has 1 aromatic carbocycles. The molecule has 0 unspecified atom stereocenters. The van der Waals surface area contributed by atoms with E-state index in [0.29, 0.717) is 17.9 Å². The average molecular weight is 302 g/mol. The van der Waals surface area contributed by atoms with Crippen molar-refractivity contribution in [2.45, 2.75) is 25.7 Å². The molecule has 9 heteroatoms. The summed E-state index contributed by atoms with van der Waals surface area (Å²) in [5, 5.41) is 6.10. The molecule has 0 spiro atoms. The Bertz CT molecular complexity index is 660. The van der Waals surface area contributed by atoms with Crippen molar-refractivity contribution >= 4 is 0 Å². The van der Waals surface area contributed by atoms with Crippen molar-refractivity contribution in [2.24, 2.45) is 5.73 Å². The molecule has 1 heterocycles. The summed E-state index contributed by atoms with van der Waals surface area (Å²) in [4.78, 5) is 11.8.